The molecule has 0 atom stereocenters. The van der Waals surface area contributed by atoms with E-state index in [-0.39, 0.29) is 12.3 Å². The van der Waals surface area contributed by atoms with Gasteiger partial charge in [-0.25, -0.2) is 4.98 Å². The fourth-order valence-corrected chi connectivity index (χ4v) is 3.59. The van der Waals surface area contributed by atoms with Gasteiger partial charge in [-0.2, -0.15) is 0 Å². The van der Waals surface area contributed by atoms with Crippen LogP contribution in [-0.2, 0) is 11.2 Å². The lowest BCUT2D eigenvalue weighted by atomic mass is 10.1. The number of rotatable bonds is 4. The van der Waals surface area contributed by atoms with Gasteiger partial charge in [0.2, 0.25) is 0 Å². The second kappa shape index (κ2) is 4.98. The highest BCUT2D eigenvalue weighted by atomic mass is 32.1. The lowest BCUT2D eigenvalue weighted by molar-refractivity contribution is -0.136. The Hall–Kier alpha value is -1.20. The molecule has 0 fully saturated rings. The van der Waals surface area contributed by atoms with E-state index in [2.05, 4.69) is 4.98 Å². The van der Waals surface area contributed by atoms with Gasteiger partial charge in [-0.05, 0) is 17.4 Å². The Kier molecular flexibility index (Phi) is 3.59. The Morgan fingerprint density at radius 3 is 2.82 bits per heavy atom. The first-order valence-electron chi connectivity index (χ1n) is 5.33. The predicted octanol–water partition coefficient (Wildman–Crippen LogP) is 3.62. The van der Waals surface area contributed by atoms with Crippen LogP contribution in [0.15, 0.2) is 17.5 Å². The molecule has 90 valence electrons. The molecule has 0 aromatic carbocycles. The van der Waals surface area contributed by atoms with Crippen LogP contribution < -0.4 is 0 Å². The van der Waals surface area contributed by atoms with Crippen LogP contribution >= 0.6 is 22.7 Å². The van der Waals surface area contributed by atoms with Gasteiger partial charge in [0, 0.05) is 4.88 Å². The molecule has 0 aliphatic carbocycles. The Morgan fingerprint density at radius 2 is 2.29 bits per heavy atom. The highest BCUT2D eigenvalue weighted by molar-refractivity contribution is 7.21. The molecule has 0 aliphatic rings. The number of hydrogen-bond donors (Lipinski definition) is 1. The van der Waals surface area contributed by atoms with Crippen LogP contribution in [0.5, 0.6) is 0 Å². The average molecular weight is 267 g/mol. The quantitative estimate of drug-likeness (QED) is 0.920. The van der Waals surface area contributed by atoms with Crippen molar-refractivity contribution in [2.45, 2.75) is 26.2 Å². The largest absolute Gasteiger partial charge is 0.481 e. The first-order chi connectivity index (χ1) is 8.08. The molecule has 17 heavy (non-hydrogen) atoms. The van der Waals surface area contributed by atoms with Gasteiger partial charge in [0.15, 0.2) is 0 Å². The smallest absolute Gasteiger partial charge is 0.308 e. The van der Waals surface area contributed by atoms with Gasteiger partial charge >= 0.3 is 5.97 Å². The van der Waals surface area contributed by atoms with Crippen molar-refractivity contribution in [1.82, 2.24) is 4.98 Å². The van der Waals surface area contributed by atoms with Gasteiger partial charge in [0.25, 0.3) is 0 Å². The average Bonchev–Trinajstić information content (AvgIpc) is 2.82. The molecule has 0 aliphatic heterocycles. The van der Waals surface area contributed by atoms with Crippen LogP contribution in [0.2, 0.25) is 0 Å². The van der Waals surface area contributed by atoms with E-state index >= 15 is 0 Å². The Morgan fingerprint density at radius 1 is 1.53 bits per heavy atom. The molecule has 0 saturated carbocycles. The Balaban J connectivity index is 2.40. The zero-order valence-electron chi connectivity index (χ0n) is 9.64. The number of thiophene rings is 1. The van der Waals surface area contributed by atoms with Crippen molar-refractivity contribution >= 4 is 28.6 Å². The molecular weight excluding hydrogens is 254 g/mol. The van der Waals surface area contributed by atoms with E-state index in [9.17, 15) is 4.79 Å². The third kappa shape index (κ3) is 2.73. The van der Waals surface area contributed by atoms with Crippen LogP contribution in [0.25, 0.3) is 9.88 Å². The van der Waals surface area contributed by atoms with Gasteiger partial charge < -0.3 is 5.11 Å². The normalized spacial score (nSPS) is 11.0. The summed E-state index contributed by atoms with van der Waals surface area (Å²) in [5.41, 5.74) is 0.917. The van der Waals surface area contributed by atoms with Crippen molar-refractivity contribution in [3.63, 3.8) is 0 Å². The number of aliphatic carboxylic acids is 1. The zero-order valence-corrected chi connectivity index (χ0v) is 11.3. The Labute approximate surface area is 108 Å². The van der Waals surface area contributed by atoms with Crippen LogP contribution in [0, 0.1) is 0 Å². The molecule has 0 radical (unpaired) electrons. The third-order valence-electron chi connectivity index (χ3n) is 2.32. The molecule has 1 N–H and O–H groups in total. The topological polar surface area (TPSA) is 50.2 Å². The van der Waals surface area contributed by atoms with E-state index in [4.69, 9.17) is 5.11 Å². The number of carbonyl (C=O) groups is 1. The molecule has 0 bridgehead atoms. The van der Waals surface area contributed by atoms with Gasteiger partial charge in [0.1, 0.15) is 5.01 Å². The maximum atomic E-state index is 10.8. The lowest BCUT2D eigenvalue weighted by Gasteiger charge is -2.02. The van der Waals surface area contributed by atoms with E-state index < -0.39 is 5.97 Å². The highest BCUT2D eigenvalue weighted by Gasteiger charge is 2.17. The van der Waals surface area contributed by atoms with E-state index in [1.54, 1.807) is 11.3 Å². The van der Waals surface area contributed by atoms with E-state index in [1.165, 1.54) is 11.3 Å². The summed E-state index contributed by atoms with van der Waals surface area (Å²) < 4.78 is 0. The number of carboxylic acids is 1. The SMILES string of the molecule is CC(C)c1nc(-c2cccs2)sc1CC(=O)O. The number of carboxylic acid groups (broad SMARTS) is 1. The molecule has 2 aromatic rings. The maximum absolute atomic E-state index is 10.8. The fourth-order valence-electron chi connectivity index (χ4n) is 1.58. The van der Waals surface area contributed by atoms with Crippen molar-refractivity contribution in [3.05, 3.63) is 28.1 Å². The molecule has 3 nitrogen and oxygen atoms in total. The zero-order chi connectivity index (χ0) is 12.4. The lowest BCUT2D eigenvalue weighted by Crippen LogP contribution is -2.02. The minimum absolute atomic E-state index is 0.0660. The van der Waals surface area contributed by atoms with Gasteiger partial charge in [-0.15, -0.1) is 22.7 Å². The summed E-state index contributed by atoms with van der Waals surface area (Å²) in [4.78, 5) is 17.4. The van der Waals surface area contributed by atoms with Crippen molar-refractivity contribution in [3.8, 4) is 9.88 Å². The minimum atomic E-state index is -0.798. The molecule has 0 spiro atoms. The molecule has 0 unspecified atom stereocenters. The number of aromatic nitrogens is 1. The molecule has 2 aromatic heterocycles. The second-order valence-electron chi connectivity index (χ2n) is 4.03. The molecule has 5 heteroatoms. The van der Waals surface area contributed by atoms with Crippen molar-refractivity contribution in [2.24, 2.45) is 0 Å². The first kappa shape index (κ1) is 12.3. The fraction of sp³-hybridized carbons (Fsp3) is 0.333. The standard InChI is InChI=1S/C12H13NO2S2/c1-7(2)11-9(6-10(14)15)17-12(13-11)8-4-3-5-16-8/h3-5,7H,6H2,1-2H3,(H,14,15). The monoisotopic (exact) mass is 267 g/mol. The maximum Gasteiger partial charge on any atom is 0.308 e. The van der Waals surface area contributed by atoms with Crippen molar-refractivity contribution in [1.29, 1.82) is 0 Å². The highest BCUT2D eigenvalue weighted by Crippen LogP contribution is 2.34. The van der Waals surface area contributed by atoms with E-state index in [0.717, 1.165) is 20.5 Å². The second-order valence-corrected chi connectivity index (χ2v) is 6.06. The molecule has 0 amide bonds. The summed E-state index contributed by atoms with van der Waals surface area (Å²) >= 11 is 3.12. The van der Waals surface area contributed by atoms with Crippen LogP contribution in [0.4, 0.5) is 0 Å². The molecule has 2 rings (SSSR count). The summed E-state index contributed by atoms with van der Waals surface area (Å²) in [6.07, 6.45) is 0.0660. The summed E-state index contributed by atoms with van der Waals surface area (Å²) in [7, 11) is 0. The summed E-state index contributed by atoms with van der Waals surface area (Å²) in [6.45, 7) is 4.08. The van der Waals surface area contributed by atoms with Crippen LogP contribution in [0.3, 0.4) is 0 Å². The number of hydrogen-bond acceptors (Lipinski definition) is 4. The summed E-state index contributed by atoms with van der Waals surface area (Å²) in [6, 6.07) is 3.99. The molecule has 2 heterocycles. The minimum Gasteiger partial charge on any atom is -0.481 e. The third-order valence-corrected chi connectivity index (χ3v) is 4.43. The van der Waals surface area contributed by atoms with Gasteiger partial charge in [0.05, 0.1) is 17.0 Å². The van der Waals surface area contributed by atoms with Crippen LogP contribution in [-0.4, -0.2) is 16.1 Å². The van der Waals surface area contributed by atoms with Crippen LogP contribution in [0.1, 0.15) is 30.3 Å². The van der Waals surface area contributed by atoms with Gasteiger partial charge in [-0.1, -0.05) is 19.9 Å². The molecular formula is C12H13NO2S2. The van der Waals surface area contributed by atoms with Crippen molar-refractivity contribution in [2.75, 3.05) is 0 Å². The van der Waals surface area contributed by atoms with E-state index in [0.29, 0.717) is 0 Å². The summed E-state index contributed by atoms with van der Waals surface area (Å²) in [5.74, 6) is -0.539. The van der Waals surface area contributed by atoms with E-state index in [1.807, 2.05) is 31.4 Å². The number of thiazole rings is 1. The van der Waals surface area contributed by atoms with Gasteiger partial charge in [-0.3, -0.25) is 4.79 Å². The first-order valence-corrected chi connectivity index (χ1v) is 7.02. The van der Waals surface area contributed by atoms with Crippen molar-refractivity contribution < 1.29 is 9.90 Å². The predicted molar refractivity (Wildman–Crippen MR) is 70.9 cm³/mol. The Bertz CT molecular complexity index is 515. The molecule has 0 saturated heterocycles. The summed E-state index contributed by atoms with van der Waals surface area (Å²) in [5, 5.41) is 11.8. The number of nitrogens with zero attached hydrogens (tertiary/aromatic N) is 1.